The fourth-order valence-electron chi connectivity index (χ4n) is 4.49. The highest BCUT2D eigenvalue weighted by Crippen LogP contribution is 2.28. The first-order valence-corrected chi connectivity index (χ1v) is 13.0. The molecule has 6 rings (SSSR count). The van der Waals surface area contributed by atoms with Gasteiger partial charge in [0.1, 0.15) is 23.4 Å². The van der Waals surface area contributed by atoms with E-state index in [1.807, 2.05) is 60.7 Å². The monoisotopic (exact) mass is 563 g/mol. The zero-order valence-electron chi connectivity index (χ0n) is 22.0. The molecule has 42 heavy (non-hydrogen) atoms. The zero-order valence-corrected chi connectivity index (χ0v) is 22.0. The van der Waals surface area contributed by atoms with Gasteiger partial charge in [-0.15, -0.1) is 0 Å². The summed E-state index contributed by atoms with van der Waals surface area (Å²) in [5, 5.41) is 6.89. The normalized spacial score (nSPS) is 11.0. The molecule has 208 valence electrons. The number of hydrogen-bond acceptors (Lipinski definition) is 6. The predicted molar refractivity (Wildman–Crippen MR) is 154 cm³/mol. The van der Waals surface area contributed by atoms with Gasteiger partial charge in [-0.1, -0.05) is 48.5 Å². The molecule has 0 bridgehead atoms. The molecule has 0 atom stereocenters. The lowest BCUT2D eigenvalue weighted by Crippen LogP contribution is -2.33. The Hall–Kier alpha value is -5.71. The molecule has 0 fully saturated rings. The van der Waals surface area contributed by atoms with Gasteiger partial charge in [-0.3, -0.25) is 14.2 Å². The summed E-state index contributed by atoms with van der Waals surface area (Å²) in [5.41, 5.74) is 3.90. The number of nitrogens with one attached hydrogen (secondary N) is 3. The molecule has 3 aromatic heterocycles. The van der Waals surface area contributed by atoms with Crippen molar-refractivity contribution in [2.75, 3.05) is 5.32 Å². The Morgan fingerprint density at radius 2 is 1.69 bits per heavy atom. The minimum absolute atomic E-state index is 0.0619. The van der Waals surface area contributed by atoms with Gasteiger partial charge in [-0.25, -0.2) is 23.7 Å². The highest BCUT2D eigenvalue weighted by Gasteiger charge is 2.14. The topological polar surface area (TPSA) is 118 Å². The van der Waals surface area contributed by atoms with E-state index in [9.17, 15) is 18.4 Å². The van der Waals surface area contributed by atoms with Crippen molar-refractivity contribution in [3.05, 3.63) is 136 Å². The standard InChI is InChI=1S/C31H23F2N7O2/c32-25-11-8-20(12-26(25)33)16-40-18-34-15-24(31(40)42)30(41)35-14-19-6-9-22(10-7-19)38-28-23-13-27(21-4-2-1-3-5-21)39-29(23)37-17-36-28/h1-13,15,17-18H,14,16H2,(H,35,41)(H2,36,37,38,39). The van der Waals surface area contributed by atoms with E-state index in [2.05, 4.69) is 30.6 Å². The van der Waals surface area contributed by atoms with Crippen LogP contribution in [0, 0.1) is 11.6 Å². The van der Waals surface area contributed by atoms with E-state index in [0.29, 0.717) is 17.0 Å². The van der Waals surface area contributed by atoms with Crippen molar-refractivity contribution in [3.8, 4) is 11.3 Å². The summed E-state index contributed by atoms with van der Waals surface area (Å²) in [6.45, 7) is 0.111. The Labute approximate surface area is 237 Å². The fraction of sp³-hybridized carbons (Fsp3) is 0.0645. The number of anilines is 2. The third-order valence-electron chi connectivity index (χ3n) is 6.66. The number of H-pyrrole nitrogens is 1. The molecule has 3 aromatic carbocycles. The molecular weight excluding hydrogens is 540 g/mol. The lowest BCUT2D eigenvalue weighted by Gasteiger charge is -2.10. The van der Waals surface area contributed by atoms with E-state index in [4.69, 9.17) is 0 Å². The van der Waals surface area contributed by atoms with Crippen LogP contribution in [0.15, 0.2) is 103 Å². The summed E-state index contributed by atoms with van der Waals surface area (Å²) in [6.07, 6.45) is 3.91. The molecular formula is C31H23F2N7O2. The Bertz CT molecular complexity index is 1960. The van der Waals surface area contributed by atoms with Crippen LogP contribution in [0.1, 0.15) is 21.5 Å². The van der Waals surface area contributed by atoms with Crippen LogP contribution in [0.4, 0.5) is 20.3 Å². The van der Waals surface area contributed by atoms with Crippen molar-refractivity contribution in [2.45, 2.75) is 13.1 Å². The molecule has 0 radical (unpaired) electrons. The first-order valence-electron chi connectivity index (χ1n) is 13.0. The van der Waals surface area contributed by atoms with E-state index in [0.717, 1.165) is 40.0 Å². The molecule has 3 N–H and O–H groups in total. The molecule has 9 nitrogen and oxygen atoms in total. The lowest BCUT2D eigenvalue weighted by atomic mass is 10.1. The predicted octanol–water partition coefficient (Wildman–Crippen LogP) is 5.18. The molecule has 0 aliphatic rings. The maximum Gasteiger partial charge on any atom is 0.266 e. The van der Waals surface area contributed by atoms with E-state index in [-0.39, 0.29) is 18.7 Å². The van der Waals surface area contributed by atoms with Gasteiger partial charge in [-0.05, 0) is 47.0 Å². The minimum Gasteiger partial charge on any atom is -0.348 e. The van der Waals surface area contributed by atoms with Gasteiger partial charge in [-0.2, -0.15) is 0 Å². The maximum absolute atomic E-state index is 13.6. The average molecular weight is 564 g/mol. The van der Waals surface area contributed by atoms with E-state index in [1.54, 1.807) is 0 Å². The molecule has 1 amide bonds. The summed E-state index contributed by atoms with van der Waals surface area (Å²) in [6, 6.07) is 22.7. The molecule has 0 saturated heterocycles. The number of benzene rings is 3. The lowest BCUT2D eigenvalue weighted by molar-refractivity contribution is 0.0948. The van der Waals surface area contributed by atoms with Crippen molar-refractivity contribution in [2.24, 2.45) is 0 Å². The van der Waals surface area contributed by atoms with Crippen molar-refractivity contribution >= 4 is 28.4 Å². The first-order chi connectivity index (χ1) is 20.4. The Morgan fingerprint density at radius 1 is 0.905 bits per heavy atom. The molecule has 0 aliphatic heterocycles. The van der Waals surface area contributed by atoms with Gasteiger partial charge < -0.3 is 15.6 Å². The number of nitrogens with zero attached hydrogens (tertiary/aromatic N) is 4. The smallest absolute Gasteiger partial charge is 0.266 e. The fourth-order valence-corrected chi connectivity index (χ4v) is 4.49. The number of halogens is 2. The molecule has 11 heteroatoms. The largest absolute Gasteiger partial charge is 0.348 e. The third-order valence-corrected chi connectivity index (χ3v) is 6.66. The average Bonchev–Trinajstić information content (AvgIpc) is 3.46. The molecule has 0 saturated carbocycles. The van der Waals surface area contributed by atoms with Gasteiger partial charge in [0.25, 0.3) is 11.5 Å². The van der Waals surface area contributed by atoms with Crippen LogP contribution >= 0.6 is 0 Å². The maximum atomic E-state index is 13.6. The molecule has 0 spiro atoms. The molecule has 0 unspecified atom stereocenters. The van der Waals surface area contributed by atoms with Crippen LogP contribution in [0.25, 0.3) is 22.3 Å². The summed E-state index contributed by atoms with van der Waals surface area (Å²) in [5.74, 6) is -1.95. The summed E-state index contributed by atoms with van der Waals surface area (Å²) in [4.78, 5) is 41.7. The molecule has 3 heterocycles. The Morgan fingerprint density at radius 3 is 2.48 bits per heavy atom. The number of fused-ring (bicyclic) bond motifs is 1. The second-order valence-corrected chi connectivity index (χ2v) is 9.53. The SMILES string of the molecule is O=C(NCc1ccc(Nc2ncnc3[nH]c(-c4ccccc4)cc23)cc1)c1cncn(Cc2ccc(F)c(F)c2)c1=O. The van der Waals surface area contributed by atoms with E-state index >= 15 is 0 Å². The first kappa shape index (κ1) is 26.5. The molecule has 6 aromatic rings. The van der Waals surface area contributed by atoms with Gasteiger partial charge in [0.15, 0.2) is 11.6 Å². The minimum atomic E-state index is -1.02. The van der Waals surface area contributed by atoms with Crippen LogP contribution in [0.5, 0.6) is 0 Å². The van der Waals surface area contributed by atoms with Crippen LogP contribution in [0.3, 0.4) is 0 Å². The Balaban J connectivity index is 1.11. The summed E-state index contributed by atoms with van der Waals surface area (Å²) >= 11 is 0. The Kier molecular flexibility index (Phi) is 7.21. The summed E-state index contributed by atoms with van der Waals surface area (Å²) in [7, 11) is 0. The van der Waals surface area contributed by atoms with Gasteiger partial charge >= 0.3 is 0 Å². The number of amides is 1. The van der Waals surface area contributed by atoms with Gasteiger partial charge in [0, 0.05) is 24.1 Å². The van der Waals surface area contributed by atoms with E-state index in [1.165, 1.54) is 29.5 Å². The number of carbonyl (C=O) groups excluding carboxylic acids is 1. The van der Waals surface area contributed by atoms with E-state index < -0.39 is 23.1 Å². The molecule has 0 aliphatic carbocycles. The summed E-state index contributed by atoms with van der Waals surface area (Å²) < 4.78 is 27.9. The number of rotatable bonds is 8. The van der Waals surface area contributed by atoms with Gasteiger partial charge in [0.2, 0.25) is 0 Å². The highest BCUT2D eigenvalue weighted by atomic mass is 19.2. The third kappa shape index (κ3) is 5.61. The van der Waals surface area contributed by atoms with Crippen LogP contribution < -0.4 is 16.2 Å². The quantitative estimate of drug-likeness (QED) is 0.235. The van der Waals surface area contributed by atoms with Crippen molar-refractivity contribution in [1.82, 2.24) is 29.8 Å². The number of aromatic amines is 1. The number of aromatic nitrogens is 5. The van der Waals surface area contributed by atoms with Crippen LogP contribution in [0.2, 0.25) is 0 Å². The number of hydrogen-bond donors (Lipinski definition) is 3. The van der Waals surface area contributed by atoms with Crippen LogP contribution in [-0.4, -0.2) is 30.4 Å². The van der Waals surface area contributed by atoms with Crippen LogP contribution in [-0.2, 0) is 13.1 Å². The number of carbonyl (C=O) groups is 1. The van der Waals surface area contributed by atoms with Crippen molar-refractivity contribution in [1.29, 1.82) is 0 Å². The second kappa shape index (κ2) is 11.4. The van der Waals surface area contributed by atoms with Crippen molar-refractivity contribution < 1.29 is 13.6 Å². The van der Waals surface area contributed by atoms with Crippen molar-refractivity contribution in [3.63, 3.8) is 0 Å². The second-order valence-electron chi connectivity index (χ2n) is 9.53. The highest BCUT2D eigenvalue weighted by molar-refractivity contribution is 5.94. The zero-order chi connectivity index (χ0) is 29.1. The van der Waals surface area contributed by atoms with Gasteiger partial charge in [0.05, 0.1) is 18.3 Å².